The van der Waals surface area contributed by atoms with Crippen LogP contribution in [-0.2, 0) is 10.0 Å². The molecule has 1 aromatic carbocycles. The standard InChI is InChI=1S/C17H30N2O3S/c1-6-19(7-2)11-9-10-18-23(20,21)17-13-14(4)16(22-8-3)12-15(17)5/h12-13,18H,6-11H2,1-5H3. The van der Waals surface area contributed by atoms with Gasteiger partial charge < -0.3 is 9.64 Å². The van der Waals surface area contributed by atoms with Gasteiger partial charge in [0.05, 0.1) is 11.5 Å². The molecule has 0 saturated heterocycles. The summed E-state index contributed by atoms with van der Waals surface area (Å²) in [6.07, 6.45) is 0.802. The quantitative estimate of drug-likeness (QED) is 0.664. The molecule has 0 saturated carbocycles. The van der Waals surface area contributed by atoms with Crippen LogP contribution in [0.4, 0.5) is 0 Å². The molecule has 0 aromatic heterocycles. The van der Waals surface area contributed by atoms with Gasteiger partial charge in [-0.25, -0.2) is 13.1 Å². The van der Waals surface area contributed by atoms with E-state index in [1.807, 2.05) is 13.8 Å². The highest BCUT2D eigenvalue weighted by Gasteiger charge is 2.18. The molecule has 0 bridgehead atoms. The Morgan fingerprint density at radius 1 is 1.09 bits per heavy atom. The Morgan fingerprint density at radius 2 is 1.74 bits per heavy atom. The lowest BCUT2D eigenvalue weighted by molar-refractivity contribution is 0.300. The van der Waals surface area contributed by atoms with Crippen LogP contribution in [0.2, 0.25) is 0 Å². The second kappa shape index (κ2) is 9.25. The van der Waals surface area contributed by atoms with Gasteiger partial charge in [0.1, 0.15) is 5.75 Å². The zero-order chi connectivity index (χ0) is 17.5. The lowest BCUT2D eigenvalue weighted by atomic mass is 10.1. The third-order valence-electron chi connectivity index (χ3n) is 3.90. The third-order valence-corrected chi connectivity index (χ3v) is 5.50. The topological polar surface area (TPSA) is 58.6 Å². The fraction of sp³-hybridized carbons (Fsp3) is 0.647. The summed E-state index contributed by atoms with van der Waals surface area (Å²) in [6, 6.07) is 3.48. The van der Waals surface area contributed by atoms with Crippen molar-refractivity contribution in [2.24, 2.45) is 0 Å². The average molecular weight is 343 g/mol. The minimum absolute atomic E-state index is 0.335. The molecule has 0 heterocycles. The third kappa shape index (κ3) is 5.79. The van der Waals surface area contributed by atoms with Crippen molar-refractivity contribution < 1.29 is 13.2 Å². The number of benzene rings is 1. The van der Waals surface area contributed by atoms with Crippen LogP contribution in [0.3, 0.4) is 0 Å². The molecule has 0 amide bonds. The molecule has 0 unspecified atom stereocenters. The Balaban J connectivity index is 2.75. The van der Waals surface area contributed by atoms with Gasteiger partial charge in [0.2, 0.25) is 10.0 Å². The fourth-order valence-corrected chi connectivity index (χ4v) is 3.87. The van der Waals surface area contributed by atoms with E-state index in [1.165, 1.54) is 0 Å². The zero-order valence-corrected chi connectivity index (χ0v) is 15.8. The van der Waals surface area contributed by atoms with Crippen LogP contribution in [0.1, 0.15) is 38.3 Å². The highest BCUT2D eigenvalue weighted by Crippen LogP contribution is 2.25. The Morgan fingerprint density at radius 3 is 2.30 bits per heavy atom. The highest BCUT2D eigenvalue weighted by atomic mass is 32.2. The number of rotatable bonds is 10. The summed E-state index contributed by atoms with van der Waals surface area (Å²) in [5.74, 6) is 0.741. The molecule has 0 spiro atoms. The normalized spacial score (nSPS) is 11.9. The van der Waals surface area contributed by atoms with E-state index in [0.29, 0.717) is 23.6 Å². The predicted octanol–water partition coefficient (Wildman–Crippen LogP) is 2.71. The molecule has 0 aliphatic heterocycles. The van der Waals surface area contributed by atoms with Crippen molar-refractivity contribution >= 4 is 10.0 Å². The van der Waals surface area contributed by atoms with Gasteiger partial charge in [-0.2, -0.15) is 0 Å². The molecular weight excluding hydrogens is 312 g/mol. The first-order chi connectivity index (χ1) is 10.9. The first-order valence-electron chi connectivity index (χ1n) is 8.31. The first-order valence-corrected chi connectivity index (χ1v) is 9.80. The van der Waals surface area contributed by atoms with Crippen LogP contribution < -0.4 is 9.46 Å². The van der Waals surface area contributed by atoms with Gasteiger partial charge in [-0.1, -0.05) is 13.8 Å². The molecule has 6 heteroatoms. The second-order valence-corrected chi connectivity index (χ2v) is 7.33. The van der Waals surface area contributed by atoms with Crippen molar-refractivity contribution in [2.75, 3.05) is 32.8 Å². The summed E-state index contributed by atoms with van der Waals surface area (Å²) in [7, 11) is -3.48. The van der Waals surface area contributed by atoms with E-state index in [0.717, 1.165) is 37.4 Å². The maximum Gasteiger partial charge on any atom is 0.240 e. The minimum Gasteiger partial charge on any atom is -0.494 e. The predicted molar refractivity (Wildman–Crippen MR) is 94.7 cm³/mol. The maximum atomic E-state index is 12.5. The molecule has 0 aliphatic carbocycles. The van der Waals surface area contributed by atoms with Crippen molar-refractivity contribution in [3.63, 3.8) is 0 Å². The summed E-state index contributed by atoms with van der Waals surface area (Å²) < 4.78 is 33.2. The minimum atomic E-state index is -3.48. The van der Waals surface area contributed by atoms with E-state index in [1.54, 1.807) is 19.1 Å². The van der Waals surface area contributed by atoms with Gasteiger partial charge in [0.15, 0.2) is 0 Å². The van der Waals surface area contributed by atoms with Gasteiger partial charge in [-0.3, -0.25) is 0 Å². The SMILES string of the molecule is CCOc1cc(C)c(S(=O)(=O)NCCCN(CC)CC)cc1C. The summed E-state index contributed by atoms with van der Waals surface area (Å²) in [4.78, 5) is 2.61. The Hall–Kier alpha value is -1.11. The van der Waals surface area contributed by atoms with E-state index in [4.69, 9.17) is 4.74 Å². The summed E-state index contributed by atoms with van der Waals surface area (Å²) in [6.45, 7) is 13.7. The van der Waals surface area contributed by atoms with Crippen LogP contribution in [0.15, 0.2) is 17.0 Å². The van der Waals surface area contributed by atoms with Gasteiger partial charge in [-0.15, -0.1) is 0 Å². The largest absolute Gasteiger partial charge is 0.494 e. The Bertz CT molecular complexity index is 596. The first kappa shape index (κ1) is 19.9. The molecule has 0 atom stereocenters. The lowest BCUT2D eigenvalue weighted by Crippen LogP contribution is -2.30. The van der Waals surface area contributed by atoms with E-state index < -0.39 is 10.0 Å². The molecule has 1 N–H and O–H groups in total. The molecule has 1 rings (SSSR count). The van der Waals surface area contributed by atoms with Crippen LogP contribution in [-0.4, -0.2) is 46.1 Å². The van der Waals surface area contributed by atoms with Gasteiger partial charge in [-0.05, 0) is 70.1 Å². The smallest absolute Gasteiger partial charge is 0.240 e. The van der Waals surface area contributed by atoms with E-state index >= 15 is 0 Å². The number of ether oxygens (including phenoxy) is 1. The van der Waals surface area contributed by atoms with Crippen LogP contribution in [0.5, 0.6) is 5.75 Å². The van der Waals surface area contributed by atoms with Gasteiger partial charge in [0, 0.05) is 6.54 Å². The van der Waals surface area contributed by atoms with Crippen LogP contribution in [0, 0.1) is 13.8 Å². The molecule has 5 nitrogen and oxygen atoms in total. The molecule has 1 aromatic rings. The zero-order valence-electron chi connectivity index (χ0n) is 15.0. The number of aryl methyl sites for hydroxylation is 2. The number of hydrogen-bond donors (Lipinski definition) is 1. The maximum absolute atomic E-state index is 12.5. The molecule has 132 valence electrons. The molecule has 0 fully saturated rings. The summed E-state index contributed by atoms with van der Waals surface area (Å²) in [5.41, 5.74) is 1.54. The Kier molecular flexibility index (Phi) is 8.02. The average Bonchev–Trinajstić information content (AvgIpc) is 2.51. The molecule has 0 radical (unpaired) electrons. The van der Waals surface area contributed by atoms with Gasteiger partial charge >= 0.3 is 0 Å². The molecule has 0 aliphatic rings. The van der Waals surface area contributed by atoms with E-state index in [2.05, 4.69) is 23.5 Å². The molecule has 23 heavy (non-hydrogen) atoms. The number of sulfonamides is 1. The number of hydrogen-bond acceptors (Lipinski definition) is 4. The summed E-state index contributed by atoms with van der Waals surface area (Å²) >= 11 is 0. The van der Waals surface area contributed by atoms with E-state index in [-0.39, 0.29) is 0 Å². The lowest BCUT2D eigenvalue weighted by Gasteiger charge is -2.18. The fourth-order valence-electron chi connectivity index (χ4n) is 2.49. The monoisotopic (exact) mass is 342 g/mol. The van der Waals surface area contributed by atoms with Crippen LogP contribution in [0.25, 0.3) is 0 Å². The van der Waals surface area contributed by atoms with Crippen LogP contribution >= 0.6 is 0 Å². The Labute approximate surface area is 141 Å². The van der Waals surface area contributed by atoms with Crippen molar-refractivity contribution in [2.45, 2.75) is 45.9 Å². The number of nitrogens with zero attached hydrogens (tertiary/aromatic N) is 1. The number of nitrogens with one attached hydrogen (secondary N) is 1. The second-order valence-electron chi connectivity index (χ2n) is 5.59. The molecular formula is C17H30N2O3S. The van der Waals surface area contributed by atoms with Crippen molar-refractivity contribution in [1.82, 2.24) is 9.62 Å². The van der Waals surface area contributed by atoms with Crippen molar-refractivity contribution in [3.05, 3.63) is 23.3 Å². The summed E-state index contributed by atoms with van der Waals surface area (Å²) in [5, 5.41) is 0. The van der Waals surface area contributed by atoms with Crippen molar-refractivity contribution in [1.29, 1.82) is 0 Å². The van der Waals surface area contributed by atoms with E-state index in [9.17, 15) is 8.42 Å². The van der Waals surface area contributed by atoms with Crippen molar-refractivity contribution in [3.8, 4) is 5.75 Å². The van der Waals surface area contributed by atoms with Gasteiger partial charge in [0.25, 0.3) is 0 Å². The highest BCUT2D eigenvalue weighted by molar-refractivity contribution is 7.89.